The Hall–Kier alpha value is -2.04. The number of ether oxygens (including phenoxy) is 1. The second-order valence-corrected chi connectivity index (χ2v) is 6.13. The molecule has 1 heterocycles. The molecular formula is C16H22N2O3. The van der Waals surface area contributed by atoms with Gasteiger partial charge >= 0.3 is 6.09 Å². The standard InChI is InChI=1S/C16H22N2O3/c1-16(2,3)21-15(20)18(12-8-5-4-6-9-12)13-10-7-11-17-14(13)19/h4-6,8-9,13H,7,10-11H2,1-3H3,(H,17,19). The Labute approximate surface area is 125 Å². The molecule has 1 aromatic rings. The van der Waals surface area contributed by atoms with Crippen LogP contribution < -0.4 is 10.2 Å². The van der Waals surface area contributed by atoms with Crippen LogP contribution in [0.2, 0.25) is 0 Å². The summed E-state index contributed by atoms with van der Waals surface area (Å²) >= 11 is 0. The lowest BCUT2D eigenvalue weighted by atomic mass is 10.0. The van der Waals surface area contributed by atoms with E-state index in [1.54, 1.807) is 0 Å². The molecule has 1 aromatic carbocycles. The van der Waals surface area contributed by atoms with Gasteiger partial charge in [-0.2, -0.15) is 0 Å². The SMILES string of the molecule is CC(C)(C)OC(=O)N(c1ccccc1)C1CCCNC1=O. The van der Waals surface area contributed by atoms with Gasteiger partial charge in [-0.1, -0.05) is 18.2 Å². The minimum Gasteiger partial charge on any atom is -0.443 e. The van der Waals surface area contributed by atoms with Crippen molar-refractivity contribution in [2.75, 3.05) is 11.4 Å². The quantitative estimate of drug-likeness (QED) is 0.911. The van der Waals surface area contributed by atoms with Gasteiger partial charge in [0.05, 0.1) is 0 Å². The zero-order valence-corrected chi connectivity index (χ0v) is 12.8. The van der Waals surface area contributed by atoms with Crippen molar-refractivity contribution in [2.45, 2.75) is 45.3 Å². The molecule has 5 nitrogen and oxygen atoms in total. The van der Waals surface area contributed by atoms with Crippen LogP contribution in [-0.4, -0.2) is 30.2 Å². The van der Waals surface area contributed by atoms with Crippen molar-refractivity contribution in [1.29, 1.82) is 0 Å². The van der Waals surface area contributed by atoms with Crippen LogP contribution >= 0.6 is 0 Å². The van der Waals surface area contributed by atoms with Crippen LogP contribution in [-0.2, 0) is 9.53 Å². The summed E-state index contributed by atoms with van der Waals surface area (Å²) in [6, 6.07) is 8.66. The summed E-state index contributed by atoms with van der Waals surface area (Å²) in [5.74, 6) is -0.129. The fraction of sp³-hybridized carbons (Fsp3) is 0.500. The summed E-state index contributed by atoms with van der Waals surface area (Å²) in [6.07, 6.45) is 0.999. The Morgan fingerprint density at radius 1 is 1.29 bits per heavy atom. The number of anilines is 1. The lowest BCUT2D eigenvalue weighted by molar-refractivity contribution is -0.123. The molecule has 1 aliphatic heterocycles. The van der Waals surface area contributed by atoms with E-state index < -0.39 is 17.7 Å². The molecule has 1 N–H and O–H groups in total. The van der Waals surface area contributed by atoms with Crippen molar-refractivity contribution in [3.05, 3.63) is 30.3 Å². The van der Waals surface area contributed by atoms with Gasteiger partial charge in [-0.25, -0.2) is 4.79 Å². The molecule has 2 rings (SSSR count). The number of nitrogens with one attached hydrogen (secondary N) is 1. The van der Waals surface area contributed by atoms with Crippen LogP contribution in [0.1, 0.15) is 33.6 Å². The van der Waals surface area contributed by atoms with Gasteiger partial charge in [0.15, 0.2) is 0 Å². The number of hydrogen-bond donors (Lipinski definition) is 1. The van der Waals surface area contributed by atoms with E-state index in [9.17, 15) is 9.59 Å². The van der Waals surface area contributed by atoms with Crippen molar-refractivity contribution in [3.63, 3.8) is 0 Å². The van der Waals surface area contributed by atoms with Gasteiger partial charge in [-0.3, -0.25) is 9.69 Å². The Morgan fingerprint density at radius 3 is 2.52 bits per heavy atom. The predicted octanol–water partition coefficient (Wildman–Crippen LogP) is 2.71. The smallest absolute Gasteiger partial charge is 0.415 e. The average molecular weight is 290 g/mol. The van der Waals surface area contributed by atoms with Gasteiger partial charge in [0, 0.05) is 12.2 Å². The third-order valence-corrected chi connectivity index (χ3v) is 3.19. The van der Waals surface area contributed by atoms with E-state index in [1.165, 1.54) is 4.90 Å². The summed E-state index contributed by atoms with van der Waals surface area (Å²) in [6.45, 7) is 6.10. The van der Waals surface area contributed by atoms with Crippen LogP contribution in [0.25, 0.3) is 0 Å². The van der Waals surface area contributed by atoms with E-state index in [0.29, 0.717) is 18.7 Å². The second-order valence-electron chi connectivity index (χ2n) is 6.13. The van der Waals surface area contributed by atoms with E-state index in [0.717, 1.165) is 6.42 Å². The van der Waals surface area contributed by atoms with E-state index in [4.69, 9.17) is 4.74 Å². The summed E-state index contributed by atoms with van der Waals surface area (Å²) in [4.78, 5) is 26.1. The highest BCUT2D eigenvalue weighted by Crippen LogP contribution is 2.24. The van der Waals surface area contributed by atoms with Crippen LogP contribution in [0.4, 0.5) is 10.5 Å². The minimum absolute atomic E-state index is 0.129. The molecule has 0 radical (unpaired) electrons. The highest BCUT2D eigenvalue weighted by Gasteiger charge is 2.35. The molecule has 1 fully saturated rings. The third kappa shape index (κ3) is 3.97. The molecule has 0 aliphatic carbocycles. The van der Waals surface area contributed by atoms with Gasteiger partial charge in [0.25, 0.3) is 0 Å². The van der Waals surface area contributed by atoms with Crippen molar-refractivity contribution in [1.82, 2.24) is 5.32 Å². The molecule has 21 heavy (non-hydrogen) atoms. The fourth-order valence-electron chi connectivity index (χ4n) is 2.31. The maximum absolute atomic E-state index is 12.5. The number of hydrogen-bond acceptors (Lipinski definition) is 3. The Kier molecular flexibility index (Phi) is 4.50. The third-order valence-electron chi connectivity index (χ3n) is 3.19. The first-order valence-corrected chi connectivity index (χ1v) is 7.23. The number of rotatable bonds is 2. The minimum atomic E-state index is -0.602. The first-order valence-electron chi connectivity index (χ1n) is 7.23. The zero-order valence-electron chi connectivity index (χ0n) is 12.8. The van der Waals surface area contributed by atoms with Crippen molar-refractivity contribution >= 4 is 17.7 Å². The van der Waals surface area contributed by atoms with E-state index >= 15 is 0 Å². The molecule has 114 valence electrons. The van der Waals surface area contributed by atoms with E-state index in [-0.39, 0.29) is 5.91 Å². The molecule has 1 unspecified atom stereocenters. The molecule has 0 aromatic heterocycles. The lowest BCUT2D eigenvalue weighted by Gasteiger charge is -2.34. The monoisotopic (exact) mass is 290 g/mol. The Balaban J connectivity index is 2.30. The molecule has 0 bridgehead atoms. The molecule has 2 amide bonds. The van der Waals surface area contributed by atoms with Crippen LogP contribution in [0.15, 0.2) is 30.3 Å². The summed E-state index contributed by atoms with van der Waals surface area (Å²) in [5.41, 5.74) is 0.0729. The average Bonchev–Trinajstić information content (AvgIpc) is 2.40. The second kappa shape index (κ2) is 6.16. The van der Waals surface area contributed by atoms with Gasteiger partial charge in [0.1, 0.15) is 11.6 Å². The molecule has 5 heteroatoms. The largest absolute Gasteiger partial charge is 0.443 e. The number of amides is 2. The fourth-order valence-corrected chi connectivity index (χ4v) is 2.31. The summed E-state index contributed by atoms with van der Waals surface area (Å²) < 4.78 is 5.46. The van der Waals surface area contributed by atoms with Crippen LogP contribution in [0.3, 0.4) is 0 Å². The summed E-state index contributed by atoms with van der Waals surface area (Å²) in [7, 11) is 0. The lowest BCUT2D eigenvalue weighted by Crippen LogP contribution is -2.54. The van der Waals surface area contributed by atoms with Crippen LogP contribution in [0, 0.1) is 0 Å². The number of nitrogens with zero attached hydrogens (tertiary/aromatic N) is 1. The topological polar surface area (TPSA) is 58.6 Å². The number of piperidine rings is 1. The maximum Gasteiger partial charge on any atom is 0.415 e. The van der Waals surface area contributed by atoms with E-state index in [1.807, 2.05) is 51.1 Å². The highest BCUT2D eigenvalue weighted by atomic mass is 16.6. The number of carbonyl (C=O) groups is 2. The first-order chi connectivity index (χ1) is 9.88. The number of benzene rings is 1. The maximum atomic E-state index is 12.5. The molecule has 0 spiro atoms. The van der Waals surface area contributed by atoms with Crippen molar-refractivity contribution in [3.8, 4) is 0 Å². The van der Waals surface area contributed by atoms with Gasteiger partial charge < -0.3 is 10.1 Å². The van der Waals surface area contributed by atoms with E-state index in [2.05, 4.69) is 5.32 Å². The van der Waals surface area contributed by atoms with Crippen molar-refractivity contribution in [2.24, 2.45) is 0 Å². The molecule has 1 atom stereocenters. The van der Waals surface area contributed by atoms with Gasteiger partial charge in [-0.15, -0.1) is 0 Å². The zero-order chi connectivity index (χ0) is 15.5. The van der Waals surface area contributed by atoms with Crippen molar-refractivity contribution < 1.29 is 14.3 Å². The molecule has 1 aliphatic rings. The number of para-hydroxylation sites is 1. The highest BCUT2D eigenvalue weighted by molar-refractivity contribution is 5.97. The predicted molar refractivity (Wildman–Crippen MR) is 81.2 cm³/mol. The van der Waals surface area contributed by atoms with Gasteiger partial charge in [0.2, 0.25) is 5.91 Å². The molecule has 0 saturated carbocycles. The molecular weight excluding hydrogens is 268 g/mol. The van der Waals surface area contributed by atoms with Gasteiger partial charge in [-0.05, 0) is 45.7 Å². The molecule has 1 saturated heterocycles. The Bertz CT molecular complexity index is 508. The summed E-state index contributed by atoms with van der Waals surface area (Å²) in [5, 5.41) is 2.81. The first kappa shape index (κ1) is 15.4. The number of carbonyl (C=O) groups excluding carboxylic acids is 2. The van der Waals surface area contributed by atoms with Crippen LogP contribution in [0.5, 0.6) is 0 Å². The Morgan fingerprint density at radius 2 is 1.95 bits per heavy atom. The normalized spacial score (nSPS) is 18.8.